The molecule has 2 fully saturated rings. The number of likely N-dealkylation sites (N-methyl/N-ethyl adjacent to an activating group) is 1. The minimum Gasteiger partial charge on any atom is -0.390 e. The first-order valence-electron chi connectivity index (χ1n) is 9.11. The Morgan fingerprint density at radius 1 is 1.08 bits per heavy atom. The molecular formula is C19H27N5O. The van der Waals surface area contributed by atoms with E-state index in [0.29, 0.717) is 0 Å². The van der Waals surface area contributed by atoms with Crippen molar-refractivity contribution in [2.45, 2.75) is 18.7 Å². The first-order valence-corrected chi connectivity index (χ1v) is 9.11. The van der Waals surface area contributed by atoms with Crippen LogP contribution in [0, 0.1) is 0 Å². The second-order valence-electron chi connectivity index (χ2n) is 7.29. The number of aliphatic hydroxyl groups excluding tert-OH is 1. The van der Waals surface area contributed by atoms with E-state index in [4.69, 9.17) is 0 Å². The molecule has 0 radical (unpaired) electrons. The Labute approximate surface area is 149 Å². The van der Waals surface area contributed by atoms with Crippen LogP contribution in [0.15, 0.2) is 42.7 Å². The van der Waals surface area contributed by atoms with Crippen molar-refractivity contribution in [1.82, 2.24) is 24.5 Å². The van der Waals surface area contributed by atoms with Crippen LogP contribution in [0.4, 0.5) is 0 Å². The van der Waals surface area contributed by atoms with Gasteiger partial charge < -0.3 is 10.0 Å². The topological polar surface area (TPSA) is 47.8 Å². The molecule has 1 aromatic carbocycles. The zero-order valence-electron chi connectivity index (χ0n) is 14.8. The van der Waals surface area contributed by atoms with Gasteiger partial charge in [0.05, 0.1) is 11.8 Å². The van der Waals surface area contributed by atoms with E-state index >= 15 is 0 Å². The minimum absolute atomic E-state index is 0.244. The minimum atomic E-state index is -0.244. The van der Waals surface area contributed by atoms with Crippen LogP contribution < -0.4 is 0 Å². The van der Waals surface area contributed by atoms with Crippen LogP contribution >= 0.6 is 0 Å². The fraction of sp³-hybridized carbons (Fsp3) is 0.526. The number of hydrogen-bond acceptors (Lipinski definition) is 5. The van der Waals surface area contributed by atoms with Gasteiger partial charge in [-0.1, -0.05) is 12.1 Å². The van der Waals surface area contributed by atoms with Crippen LogP contribution in [0.1, 0.15) is 5.56 Å². The fourth-order valence-electron chi connectivity index (χ4n) is 3.92. The van der Waals surface area contributed by atoms with Gasteiger partial charge in [-0.25, -0.2) is 4.68 Å². The van der Waals surface area contributed by atoms with Crippen molar-refractivity contribution in [1.29, 1.82) is 0 Å². The molecule has 6 nitrogen and oxygen atoms in total. The average Bonchev–Trinajstić information content (AvgIpc) is 3.27. The SMILES string of the molecule is CN1CCN([C@H]2CN(Cc3ccc(-n4cccn4)cc3)C[C@@H]2O)CC1. The van der Waals surface area contributed by atoms with Gasteiger partial charge in [0.1, 0.15) is 0 Å². The maximum atomic E-state index is 10.5. The molecule has 2 atom stereocenters. The number of aliphatic hydroxyl groups is 1. The van der Waals surface area contributed by atoms with Crippen molar-refractivity contribution in [2.24, 2.45) is 0 Å². The number of benzene rings is 1. The highest BCUT2D eigenvalue weighted by Gasteiger charge is 2.36. The molecule has 1 aromatic heterocycles. The summed E-state index contributed by atoms with van der Waals surface area (Å²) in [5, 5.41) is 14.8. The van der Waals surface area contributed by atoms with Gasteiger partial charge >= 0.3 is 0 Å². The number of nitrogens with zero attached hydrogens (tertiary/aromatic N) is 5. The summed E-state index contributed by atoms with van der Waals surface area (Å²) < 4.78 is 1.87. The zero-order chi connectivity index (χ0) is 17.2. The van der Waals surface area contributed by atoms with Gasteiger partial charge in [0.15, 0.2) is 0 Å². The number of β-amino-alcohol motifs (C(OH)–C–C–N with tert-alkyl or cyclic N) is 1. The summed E-state index contributed by atoms with van der Waals surface area (Å²) in [5.41, 5.74) is 2.35. The molecule has 25 heavy (non-hydrogen) atoms. The van der Waals surface area contributed by atoms with Crippen LogP contribution in [0.2, 0.25) is 0 Å². The number of hydrogen-bond donors (Lipinski definition) is 1. The lowest BCUT2D eigenvalue weighted by Gasteiger charge is -2.37. The lowest BCUT2D eigenvalue weighted by Crippen LogP contribution is -2.52. The molecule has 1 N–H and O–H groups in total. The Morgan fingerprint density at radius 3 is 2.52 bits per heavy atom. The summed E-state index contributed by atoms with van der Waals surface area (Å²) in [4.78, 5) is 7.19. The molecule has 2 aromatic rings. The van der Waals surface area contributed by atoms with Gasteiger partial charge in [-0.2, -0.15) is 5.10 Å². The lowest BCUT2D eigenvalue weighted by molar-refractivity contribution is 0.0512. The Morgan fingerprint density at radius 2 is 1.84 bits per heavy atom. The molecule has 2 saturated heterocycles. The molecule has 0 spiro atoms. The van der Waals surface area contributed by atoms with Crippen LogP contribution in [-0.4, -0.2) is 88.0 Å². The van der Waals surface area contributed by atoms with Crippen LogP contribution in [0.3, 0.4) is 0 Å². The van der Waals surface area contributed by atoms with Crippen molar-refractivity contribution in [3.8, 4) is 5.69 Å². The molecule has 6 heteroatoms. The van der Waals surface area contributed by atoms with E-state index in [2.05, 4.69) is 51.1 Å². The van der Waals surface area contributed by atoms with E-state index in [9.17, 15) is 5.11 Å². The third kappa shape index (κ3) is 3.77. The van der Waals surface area contributed by atoms with E-state index in [1.54, 1.807) is 6.20 Å². The second kappa shape index (κ2) is 7.25. The third-order valence-electron chi connectivity index (χ3n) is 5.45. The monoisotopic (exact) mass is 341 g/mol. The largest absolute Gasteiger partial charge is 0.390 e. The molecule has 0 saturated carbocycles. The number of piperazine rings is 1. The zero-order valence-corrected chi connectivity index (χ0v) is 14.8. The fourth-order valence-corrected chi connectivity index (χ4v) is 3.92. The van der Waals surface area contributed by atoms with E-state index in [-0.39, 0.29) is 12.1 Å². The summed E-state index contributed by atoms with van der Waals surface area (Å²) in [6.07, 6.45) is 3.50. The maximum absolute atomic E-state index is 10.5. The highest BCUT2D eigenvalue weighted by atomic mass is 16.3. The molecule has 134 valence electrons. The highest BCUT2D eigenvalue weighted by Crippen LogP contribution is 2.20. The summed E-state index contributed by atoms with van der Waals surface area (Å²) in [7, 11) is 2.17. The number of likely N-dealkylation sites (tertiary alicyclic amines) is 1. The van der Waals surface area contributed by atoms with Gasteiger partial charge in [0.2, 0.25) is 0 Å². The van der Waals surface area contributed by atoms with E-state index in [0.717, 1.165) is 51.5 Å². The molecule has 0 aliphatic carbocycles. The second-order valence-corrected chi connectivity index (χ2v) is 7.29. The Hall–Kier alpha value is -1.73. The Balaban J connectivity index is 1.35. The molecule has 0 unspecified atom stereocenters. The van der Waals surface area contributed by atoms with Gasteiger partial charge in [0, 0.05) is 64.2 Å². The maximum Gasteiger partial charge on any atom is 0.0834 e. The number of aromatic nitrogens is 2. The van der Waals surface area contributed by atoms with Gasteiger partial charge in [-0.05, 0) is 30.8 Å². The predicted octanol–water partition coefficient (Wildman–Crippen LogP) is 0.665. The van der Waals surface area contributed by atoms with E-state index < -0.39 is 0 Å². The van der Waals surface area contributed by atoms with Crippen LogP contribution in [0.25, 0.3) is 5.69 Å². The van der Waals surface area contributed by atoms with Gasteiger partial charge in [-0.15, -0.1) is 0 Å². The molecular weight excluding hydrogens is 314 g/mol. The lowest BCUT2D eigenvalue weighted by atomic mass is 10.1. The van der Waals surface area contributed by atoms with Gasteiger partial charge in [-0.3, -0.25) is 9.80 Å². The molecule has 2 aliphatic rings. The average molecular weight is 341 g/mol. The van der Waals surface area contributed by atoms with Crippen LogP contribution in [0.5, 0.6) is 0 Å². The van der Waals surface area contributed by atoms with E-state index in [1.165, 1.54) is 5.56 Å². The molecule has 3 heterocycles. The molecule has 0 amide bonds. The van der Waals surface area contributed by atoms with Gasteiger partial charge in [0.25, 0.3) is 0 Å². The van der Waals surface area contributed by atoms with Crippen molar-refractivity contribution in [3.63, 3.8) is 0 Å². The smallest absolute Gasteiger partial charge is 0.0834 e. The molecule has 0 bridgehead atoms. The quantitative estimate of drug-likeness (QED) is 0.886. The first-order chi connectivity index (χ1) is 12.2. The van der Waals surface area contributed by atoms with Crippen molar-refractivity contribution >= 4 is 0 Å². The summed E-state index contributed by atoms with van der Waals surface area (Å²) in [5.74, 6) is 0. The normalized spacial score (nSPS) is 26.3. The van der Waals surface area contributed by atoms with Crippen LogP contribution in [-0.2, 0) is 6.54 Å². The summed E-state index contributed by atoms with van der Waals surface area (Å²) in [6.45, 7) is 6.91. The summed E-state index contributed by atoms with van der Waals surface area (Å²) in [6, 6.07) is 10.7. The summed E-state index contributed by atoms with van der Waals surface area (Å²) >= 11 is 0. The van der Waals surface area contributed by atoms with Crippen molar-refractivity contribution in [2.75, 3.05) is 46.3 Å². The Bertz CT molecular complexity index is 664. The predicted molar refractivity (Wildman–Crippen MR) is 97.7 cm³/mol. The Kier molecular flexibility index (Phi) is 4.85. The number of rotatable bonds is 4. The molecule has 2 aliphatic heterocycles. The highest BCUT2D eigenvalue weighted by molar-refractivity contribution is 5.33. The van der Waals surface area contributed by atoms with Crippen molar-refractivity contribution < 1.29 is 5.11 Å². The van der Waals surface area contributed by atoms with E-state index in [1.807, 2.05) is 16.9 Å². The first kappa shape index (κ1) is 16.7. The standard InChI is InChI=1S/C19H27N5O/c1-21-9-11-23(12-10-21)18-14-22(15-19(18)25)13-16-3-5-17(6-4-16)24-8-2-7-20-24/h2-8,18-19,25H,9-15H2,1H3/t18-,19-/m0/s1. The molecule has 4 rings (SSSR count). The third-order valence-corrected chi connectivity index (χ3v) is 5.45. The van der Waals surface area contributed by atoms with Crippen molar-refractivity contribution in [3.05, 3.63) is 48.3 Å².